The summed E-state index contributed by atoms with van der Waals surface area (Å²) >= 11 is 4.67. The quantitative estimate of drug-likeness (QED) is 0.605. The molecule has 1 aliphatic rings. The average Bonchev–Trinajstić information content (AvgIpc) is 3.34. The zero-order valence-electron chi connectivity index (χ0n) is 15.0. The van der Waals surface area contributed by atoms with E-state index in [0.717, 1.165) is 27.8 Å². The van der Waals surface area contributed by atoms with Gasteiger partial charge in [-0.05, 0) is 34.3 Å². The molecule has 3 aromatic rings. The Morgan fingerprint density at radius 1 is 1.29 bits per heavy atom. The van der Waals surface area contributed by atoms with Crippen LogP contribution in [0, 0.1) is 0 Å². The number of halogens is 1. The van der Waals surface area contributed by atoms with Gasteiger partial charge in [-0.1, -0.05) is 41.7 Å². The van der Waals surface area contributed by atoms with Crippen LogP contribution < -0.4 is 11.1 Å². The van der Waals surface area contributed by atoms with Gasteiger partial charge in [-0.3, -0.25) is 4.79 Å². The van der Waals surface area contributed by atoms with Crippen LogP contribution in [0.1, 0.15) is 23.3 Å². The van der Waals surface area contributed by atoms with Gasteiger partial charge in [0.05, 0.1) is 9.35 Å². The SMILES string of the molecule is Nc1nc(C(=O)N2CCCC2CNc2ncc(Br)cn2)c(-c2ccccc2)s1. The molecule has 3 heterocycles. The zero-order chi connectivity index (χ0) is 19.5. The van der Waals surface area contributed by atoms with Crippen LogP contribution >= 0.6 is 27.3 Å². The number of amides is 1. The number of hydrogen-bond acceptors (Lipinski definition) is 7. The number of carbonyl (C=O) groups excluding carboxylic acids is 1. The molecule has 0 spiro atoms. The van der Waals surface area contributed by atoms with E-state index in [1.165, 1.54) is 11.3 Å². The lowest BCUT2D eigenvalue weighted by Crippen LogP contribution is -2.40. The maximum Gasteiger partial charge on any atom is 0.274 e. The van der Waals surface area contributed by atoms with E-state index in [1.54, 1.807) is 12.4 Å². The third kappa shape index (κ3) is 4.00. The van der Waals surface area contributed by atoms with Crippen LogP contribution in [-0.4, -0.2) is 44.9 Å². The van der Waals surface area contributed by atoms with E-state index in [0.29, 0.717) is 29.9 Å². The molecular formula is C19H19BrN6OS. The maximum atomic E-state index is 13.3. The first-order valence-electron chi connectivity index (χ1n) is 8.96. The molecule has 1 aromatic carbocycles. The molecule has 3 N–H and O–H groups in total. The van der Waals surface area contributed by atoms with Crippen molar-refractivity contribution >= 4 is 44.3 Å². The van der Waals surface area contributed by atoms with Crippen molar-refractivity contribution < 1.29 is 4.79 Å². The molecule has 0 saturated carbocycles. The second-order valence-corrected chi connectivity index (χ2v) is 8.44. The number of aromatic nitrogens is 3. The van der Waals surface area contributed by atoms with E-state index in [4.69, 9.17) is 5.73 Å². The van der Waals surface area contributed by atoms with Gasteiger partial charge in [0.25, 0.3) is 5.91 Å². The van der Waals surface area contributed by atoms with Gasteiger partial charge in [0, 0.05) is 31.5 Å². The summed E-state index contributed by atoms with van der Waals surface area (Å²) in [6, 6.07) is 9.84. The van der Waals surface area contributed by atoms with Gasteiger partial charge in [0.1, 0.15) is 5.69 Å². The van der Waals surface area contributed by atoms with Crippen LogP contribution in [0.2, 0.25) is 0 Å². The van der Waals surface area contributed by atoms with Crippen molar-refractivity contribution in [2.75, 3.05) is 24.1 Å². The molecule has 0 bridgehead atoms. The van der Waals surface area contributed by atoms with Crippen LogP contribution in [0.3, 0.4) is 0 Å². The topological polar surface area (TPSA) is 97.0 Å². The van der Waals surface area contributed by atoms with Crippen LogP contribution in [0.4, 0.5) is 11.1 Å². The number of carbonyl (C=O) groups is 1. The highest BCUT2D eigenvalue weighted by Gasteiger charge is 2.32. The van der Waals surface area contributed by atoms with Gasteiger partial charge in [-0.15, -0.1) is 0 Å². The number of likely N-dealkylation sites (tertiary alicyclic amines) is 1. The normalized spacial score (nSPS) is 16.3. The van der Waals surface area contributed by atoms with Crippen LogP contribution in [0.25, 0.3) is 10.4 Å². The molecule has 2 aromatic heterocycles. The van der Waals surface area contributed by atoms with Gasteiger partial charge < -0.3 is 16.0 Å². The lowest BCUT2D eigenvalue weighted by Gasteiger charge is -2.24. The maximum absolute atomic E-state index is 13.3. The van der Waals surface area contributed by atoms with Gasteiger partial charge in [-0.25, -0.2) is 15.0 Å². The molecule has 0 radical (unpaired) electrons. The fourth-order valence-corrected chi connectivity index (χ4v) is 4.37. The second kappa shape index (κ2) is 8.24. The molecular weight excluding hydrogens is 440 g/mol. The number of benzene rings is 1. The van der Waals surface area contributed by atoms with E-state index in [-0.39, 0.29) is 11.9 Å². The van der Waals surface area contributed by atoms with Crippen LogP contribution in [0.5, 0.6) is 0 Å². The highest BCUT2D eigenvalue weighted by Crippen LogP contribution is 2.33. The smallest absolute Gasteiger partial charge is 0.274 e. The van der Waals surface area contributed by atoms with Crippen LogP contribution in [0.15, 0.2) is 47.2 Å². The summed E-state index contributed by atoms with van der Waals surface area (Å²) in [5.74, 6) is 0.471. The predicted octanol–water partition coefficient (Wildman–Crippen LogP) is 3.66. The van der Waals surface area contributed by atoms with E-state index >= 15 is 0 Å². The Morgan fingerprint density at radius 3 is 2.79 bits per heavy atom. The fourth-order valence-electron chi connectivity index (χ4n) is 3.33. The summed E-state index contributed by atoms with van der Waals surface area (Å²) in [6.45, 7) is 1.30. The molecule has 28 heavy (non-hydrogen) atoms. The predicted molar refractivity (Wildman–Crippen MR) is 114 cm³/mol. The van der Waals surface area contributed by atoms with Crippen molar-refractivity contribution in [3.63, 3.8) is 0 Å². The van der Waals surface area contributed by atoms with Crippen molar-refractivity contribution in [2.45, 2.75) is 18.9 Å². The number of thiazole rings is 1. The Balaban J connectivity index is 1.52. The summed E-state index contributed by atoms with van der Waals surface area (Å²) in [7, 11) is 0. The van der Waals surface area contributed by atoms with Crippen molar-refractivity contribution in [2.24, 2.45) is 0 Å². The number of nitrogens with one attached hydrogen (secondary N) is 1. The Kier molecular flexibility index (Phi) is 5.54. The first-order chi connectivity index (χ1) is 13.6. The zero-order valence-corrected chi connectivity index (χ0v) is 17.4. The lowest BCUT2D eigenvalue weighted by atomic mass is 10.1. The van der Waals surface area contributed by atoms with Gasteiger partial charge >= 0.3 is 0 Å². The third-order valence-electron chi connectivity index (χ3n) is 4.64. The van der Waals surface area contributed by atoms with Crippen molar-refractivity contribution in [1.29, 1.82) is 0 Å². The minimum Gasteiger partial charge on any atom is -0.375 e. The van der Waals surface area contributed by atoms with Gasteiger partial charge in [-0.2, -0.15) is 0 Å². The van der Waals surface area contributed by atoms with E-state index in [9.17, 15) is 4.79 Å². The second-order valence-electron chi connectivity index (χ2n) is 6.50. The highest BCUT2D eigenvalue weighted by atomic mass is 79.9. The molecule has 0 aliphatic carbocycles. The third-order valence-corrected chi connectivity index (χ3v) is 5.98. The summed E-state index contributed by atoms with van der Waals surface area (Å²) in [6.07, 6.45) is 5.27. The summed E-state index contributed by atoms with van der Waals surface area (Å²) in [5.41, 5.74) is 7.33. The first-order valence-corrected chi connectivity index (χ1v) is 10.6. The summed E-state index contributed by atoms with van der Waals surface area (Å²) < 4.78 is 0.824. The highest BCUT2D eigenvalue weighted by molar-refractivity contribution is 9.10. The lowest BCUT2D eigenvalue weighted by molar-refractivity contribution is 0.0739. The molecule has 4 rings (SSSR count). The monoisotopic (exact) mass is 458 g/mol. The summed E-state index contributed by atoms with van der Waals surface area (Å²) in [4.78, 5) is 28.8. The minimum atomic E-state index is -0.0761. The molecule has 144 valence electrons. The van der Waals surface area contributed by atoms with Crippen LogP contribution in [-0.2, 0) is 0 Å². The molecule has 1 amide bonds. The molecule has 1 atom stereocenters. The van der Waals surface area contributed by atoms with Crippen molar-refractivity contribution in [3.8, 4) is 10.4 Å². The average molecular weight is 459 g/mol. The Bertz CT molecular complexity index is 962. The Morgan fingerprint density at radius 2 is 2.04 bits per heavy atom. The van der Waals surface area contributed by atoms with Crippen molar-refractivity contribution in [3.05, 3.63) is 52.9 Å². The largest absolute Gasteiger partial charge is 0.375 e. The Labute approximate surface area is 175 Å². The van der Waals surface area contributed by atoms with E-state index < -0.39 is 0 Å². The van der Waals surface area contributed by atoms with E-state index in [2.05, 4.69) is 36.2 Å². The molecule has 1 aliphatic heterocycles. The molecule has 1 fully saturated rings. The van der Waals surface area contributed by atoms with E-state index in [1.807, 2.05) is 35.2 Å². The Hall–Kier alpha value is -2.52. The van der Waals surface area contributed by atoms with Gasteiger partial charge in [0.2, 0.25) is 5.95 Å². The molecule has 7 nitrogen and oxygen atoms in total. The standard InChI is InChI=1S/C19H19BrN6OS/c20-13-9-22-19(23-10-13)24-11-14-7-4-8-26(14)17(27)15-16(28-18(21)25-15)12-5-2-1-3-6-12/h1-3,5-6,9-10,14H,4,7-8,11H2,(H2,21,25)(H,22,23,24). The first kappa shape index (κ1) is 18.8. The number of nitrogen functional groups attached to an aromatic ring is 1. The molecule has 1 saturated heterocycles. The number of nitrogens with zero attached hydrogens (tertiary/aromatic N) is 4. The number of hydrogen-bond donors (Lipinski definition) is 2. The molecule has 9 heteroatoms. The minimum absolute atomic E-state index is 0.0614. The van der Waals surface area contributed by atoms with Gasteiger partial charge in [0.15, 0.2) is 5.13 Å². The summed E-state index contributed by atoms with van der Waals surface area (Å²) in [5, 5.41) is 3.62. The molecule has 1 unspecified atom stereocenters. The number of anilines is 2. The number of rotatable bonds is 5. The number of nitrogens with two attached hydrogens (primary N) is 1. The fraction of sp³-hybridized carbons (Fsp3) is 0.263. The van der Waals surface area contributed by atoms with Crippen molar-refractivity contribution in [1.82, 2.24) is 19.9 Å².